The van der Waals surface area contributed by atoms with Crippen LogP contribution in [0.3, 0.4) is 0 Å². The van der Waals surface area contributed by atoms with Crippen molar-refractivity contribution < 1.29 is 4.79 Å². The van der Waals surface area contributed by atoms with Gasteiger partial charge in [0.2, 0.25) is 0 Å². The topological polar surface area (TPSA) is 44.1 Å². The summed E-state index contributed by atoms with van der Waals surface area (Å²) in [5.41, 5.74) is 5.76. The van der Waals surface area contributed by atoms with Crippen LogP contribution in [-0.4, -0.2) is 70.3 Å². The zero-order chi connectivity index (χ0) is 21.3. The Bertz CT molecular complexity index is 939. The predicted molar refractivity (Wildman–Crippen MR) is 121 cm³/mol. The van der Waals surface area contributed by atoms with Gasteiger partial charge in [-0.2, -0.15) is 5.10 Å². The molecule has 6 nitrogen and oxygen atoms in total. The normalized spacial score (nSPS) is 20.6. The van der Waals surface area contributed by atoms with Gasteiger partial charge >= 0.3 is 0 Å². The van der Waals surface area contributed by atoms with Gasteiger partial charge in [-0.25, -0.2) is 5.01 Å². The van der Waals surface area contributed by atoms with Gasteiger partial charge in [0.1, 0.15) is 6.04 Å². The number of nitrogens with zero attached hydrogens (tertiary/aromatic N) is 5. The molecule has 1 amide bonds. The third-order valence-electron chi connectivity index (χ3n) is 6.60. The summed E-state index contributed by atoms with van der Waals surface area (Å²) >= 11 is 0. The number of carbonyl (C=O) groups excluding carboxylic acids is 1. The molecule has 0 unspecified atom stereocenters. The first kappa shape index (κ1) is 20.8. The average Bonchev–Trinajstić information content (AvgIpc) is 3.36. The molecule has 0 N–H and O–H groups in total. The van der Waals surface area contributed by atoms with Gasteiger partial charge in [-0.1, -0.05) is 19.1 Å². The van der Waals surface area contributed by atoms with Gasteiger partial charge in [-0.3, -0.25) is 9.69 Å². The molecule has 0 spiro atoms. The lowest BCUT2D eigenvalue weighted by Crippen LogP contribution is -2.49. The van der Waals surface area contributed by atoms with Crippen LogP contribution in [0.15, 0.2) is 41.6 Å². The Morgan fingerprint density at radius 3 is 2.43 bits per heavy atom. The second-order valence-electron chi connectivity index (χ2n) is 8.56. The summed E-state index contributed by atoms with van der Waals surface area (Å²) in [7, 11) is 2.04. The Morgan fingerprint density at radius 1 is 1.07 bits per heavy atom. The minimum absolute atomic E-state index is 0.0500. The zero-order valence-electron chi connectivity index (χ0n) is 18.6. The fourth-order valence-electron chi connectivity index (χ4n) is 4.41. The Kier molecular flexibility index (Phi) is 6.06. The van der Waals surface area contributed by atoms with Gasteiger partial charge in [-0.05, 0) is 55.3 Å². The van der Waals surface area contributed by atoms with E-state index in [0.717, 1.165) is 56.1 Å². The van der Waals surface area contributed by atoms with Crippen LogP contribution in [0.2, 0.25) is 0 Å². The number of hydrogen-bond acceptors (Lipinski definition) is 4. The summed E-state index contributed by atoms with van der Waals surface area (Å²) in [6, 6.07) is 10.5. The predicted octanol–water partition coefficient (Wildman–Crippen LogP) is 2.96. The first-order valence-electron chi connectivity index (χ1n) is 11.0. The largest absolute Gasteiger partial charge is 0.353 e. The molecule has 0 radical (unpaired) electrons. The van der Waals surface area contributed by atoms with Crippen molar-refractivity contribution in [2.45, 2.75) is 33.2 Å². The molecule has 0 saturated carbocycles. The van der Waals surface area contributed by atoms with E-state index in [1.54, 1.807) is 5.01 Å². The first-order valence-corrected chi connectivity index (χ1v) is 11.0. The van der Waals surface area contributed by atoms with Crippen LogP contribution in [0.5, 0.6) is 0 Å². The molecule has 4 rings (SSSR count). The average molecular weight is 408 g/mol. The molecular weight excluding hydrogens is 374 g/mol. The van der Waals surface area contributed by atoms with E-state index in [2.05, 4.69) is 59.4 Å². The summed E-state index contributed by atoms with van der Waals surface area (Å²) in [6.45, 7) is 11.9. The van der Waals surface area contributed by atoms with E-state index in [1.165, 1.54) is 11.1 Å². The standard InChI is InChI=1S/C24H33N5O/c1-5-27-11-13-28(14-12-27)17-24(30)29-23(22-7-6-10-26(22)4)16-21(25-29)20-9-8-18(2)19(3)15-20/h6-10,15,23H,5,11-14,16-17H2,1-4H3/t23-/m1/s1. The highest BCUT2D eigenvalue weighted by molar-refractivity contribution is 6.03. The molecule has 0 bridgehead atoms. The first-order chi connectivity index (χ1) is 14.5. The summed E-state index contributed by atoms with van der Waals surface area (Å²) in [6.07, 6.45) is 2.78. The molecule has 2 aliphatic rings. The van der Waals surface area contributed by atoms with Crippen LogP contribution in [0.25, 0.3) is 0 Å². The number of aryl methyl sites for hydroxylation is 3. The number of hydrogen-bond donors (Lipinski definition) is 0. The van der Waals surface area contributed by atoms with E-state index in [9.17, 15) is 4.79 Å². The second kappa shape index (κ2) is 8.74. The number of hydrazone groups is 1. The van der Waals surface area contributed by atoms with Crippen molar-refractivity contribution in [3.05, 3.63) is 58.9 Å². The van der Waals surface area contributed by atoms with E-state index in [4.69, 9.17) is 5.10 Å². The molecular formula is C24H33N5O. The van der Waals surface area contributed by atoms with Crippen molar-refractivity contribution in [1.29, 1.82) is 0 Å². The fourth-order valence-corrected chi connectivity index (χ4v) is 4.41. The van der Waals surface area contributed by atoms with Crippen molar-refractivity contribution in [3.63, 3.8) is 0 Å². The Hall–Kier alpha value is -2.44. The van der Waals surface area contributed by atoms with E-state index in [1.807, 2.05) is 19.3 Å². The van der Waals surface area contributed by atoms with Crippen LogP contribution in [0.1, 0.15) is 41.8 Å². The van der Waals surface area contributed by atoms with Crippen molar-refractivity contribution in [2.24, 2.45) is 12.1 Å². The molecule has 2 aliphatic heterocycles. The number of aromatic nitrogens is 1. The van der Waals surface area contributed by atoms with Gasteiger partial charge in [-0.15, -0.1) is 0 Å². The Labute approximate surface area is 179 Å². The fraction of sp³-hybridized carbons (Fsp3) is 0.500. The lowest BCUT2D eigenvalue weighted by molar-refractivity contribution is -0.134. The highest BCUT2D eigenvalue weighted by Crippen LogP contribution is 2.33. The Morgan fingerprint density at radius 2 is 1.80 bits per heavy atom. The summed E-state index contributed by atoms with van der Waals surface area (Å²) in [5.74, 6) is 0.0879. The number of rotatable bonds is 5. The maximum Gasteiger partial charge on any atom is 0.257 e. The summed E-state index contributed by atoms with van der Waals surface area (Å²) < 4.78 is 2.10. The lowest BCUT2D eigenvalue weighted by Gasteiger charge is -2.34. The highest BCUT2D eigenvalue weighted by atomic mass is 16.2. The molecule has 2 aromatic rings. The van der Waals surface area contributed by atoms with Gasteiger partial charge in [0.05, 0.1) is 12.3 Å². The SMILES string of the molecule is CCN1CCN(CC(=O)N2N=C(c3ccc(C)c(C)c3)C[C@@H]2c2cccn2C)CC1. The van der Waals surface area contributed by atoms with Gasteiger partial charge in [0.15, 0.2) is 0 Å². The smallest absolute Gasteiger partial charge is 0.257 e. The van der Waals surface area contributed by atoms with E-state index in [-0.39, 0.29) is 11.9 Å². The molecule has 1 aromatic heterocycles. The number of piperazine rings is 1. The van der Waals surface area contributed by atoms with Crippen LogP contribution in [-0.2, 0) is 11.8 Å². The number of amides is 1. The van der Waals surface area contributed by atoms with E-state index in [0.29, 0.717) is 6.54 Å². The van der Waals surface area contributed by atoms with Crippen LogP contribution >= 0.6 is 0 Å². The molecule has 160 valence electrons. The van der Waals surface area contributed by atoms with Crippen molar-refractivity contribution >= 4 is 11.6 Å². The quantitative estimate of drug-likeness (QED) is 0.765. The zero-order valence-corrected chi connectivity index (χ0v) is 18.6. The minimum atomic E-state index is -0.0500. The van der Waals surface area contributed by atoms with Crippen molar-refractivity contribution in [3.8, 4) is 0 Å². The highest BCUT2D eigenvalue weighted by Gasteiger charge is 2.35. The van der Waals surface area contributed by atoms with E-state index < -0.39 is 0 Å². The molecule has 0 aliphatic carbocycles. The summed E-state index contributed by atoms with van der Waals surface area (Å²) in [4.78, 5) is 18.0. The monoisotopic (exact) mass is 407 g/mol. The third-order valence-corrected chi connectivity index (χ3v) is 6.60. The molecule has 1 fully saturated rings. The Balaban J connectivity index is 1.56. The summed E-state index contributed by atoms with van der Waals surface area (Å²) in [5, 5.41) is 6.60. The lowest BCUT2D eigenvalue weighted by atomic mass is 9.98. The minimum Gasteiger partial charge on any atom is -0.353 e. The maximum atomic E-state index is 13.3. The number of benzene rings is 1. The molecule has 1 saturated heterocycles. The van der Waals surface area contributed by atoms with E-state index >= 15 is 0 Å². The van der Waals surface area contributed by atoms with Gasteiger partial charge < -0.3 is 9.47 Å². The third kappa shape index (κ3) is 4.20. The van der Waals surface area contributed by atoms with Crippen LogP contribution < -0.4 is 0 Å². The van der Waals surface area contributed by atoms with Crippen LogP contribution in [0, 0.1) is 13.8 Å². The molecule has 1 atom stereocenters. The van der Waals surface area contributed by atoms with Crippen molar-refractivity contribution in [1.82, 2.24) is 19.4 Å². The van der Waals surface area contributed by atoms with Gasteiger partial charge in [0, 0.05) is 51.5 Å². The van der Waals surface area contributed by atoms with Crippen LogP contribution in [0.4, 0.5) is 0 Å². The van der Waals surface area contributed by atoms with Crippen molar-refractivity contribution in [2.75, 3.05) is 39.3 Å². The number of likely N-dealkylation sites (N-methyl/N-ethyl adjacent to an activating group) is 1. The van der Waals surface area contributed by atoms with Gasteiger partial charge in [0.25, 0.3) is 5.91 Å². The molecule has 3 heterocycles. The number of carbonyl (C=O) groups is 1. The maximum absolute atomic E-state index is 13.3. The second-order valence-corrected chi connectivity index (χ2v) is 8.56. The molecule has 6 heteroatoms. The molecule has 1 aromatic carbocycles. The molecule has 30 heavy (non-hydrogen) atoms.